The van der Waals surface area contributed by atoms with Gasteiger partial charge in [-0.3, -0.25) is 0 Å². The standard InChI is InChI=1S/C11H16N2O2S/c1-3-11(2,12)10-13-7(6-4-5-6)8(16-10)9(14)15/h6H,3-5,12H2,1-2H3,(H,14,15). The number of nitrogens with zero attached hydrogens (tertiary/aromatic N) is 1. The van der Waals surface area contributed by atoms with E-state index in [1.165, 1.54) is 11.3 Å². The van der Waals surface area contributed by atoms with Crippen LogP contribution in [0, 0.1) is 0 Å². The summed E-state index contributed by atoms with van der Waals surface area (Å²) in [7, 11) is 0. The van der Waals surface area contributed by atoms with Crippen molar-refractivity contribution in [3.8, 4) is 0 Å². The third kappa shape index (κ3) is 1.97. The number of carboxylic acids is 1. The van der Waals surface area contributed by atoms with Crippen LogP contribution in [-0.2, 0) is 5.54 Å². The Balaban J connectivity index is 2.42. The SMILES string of the molecule is CCC(C)(N)c1nc(C2CC2)c(C(=O)O)s1. The zero-order valence-electron chi connectivity index (χ0n) is 9.49. The van der Waals surface area contributed by atoms with Crippen LogP contribution in [0.4, 0.5) is 0 Å². The van der Waals surface area contributed by atoms with E-state index < -0.39 is 11.5 Å². The van der Waals surface area contributed by atoms with Gasteiger partial charge in [0.2, 0.25) is 0 Å². The first kappa shape index (κ1) is 11.5. The molecule has 2 rings (SSSR count). The topological polar surface area (TPSA) is 76.2 Å². The van der Waals surface area contributed by atoms with Crippen LogP contribution in [0.15, 0.2) is 0 Å². The van der Waals surface area contributed by atoms with Crippen molar-refractivity contribution in [2.45, 2.75) is 44.6 Å². The molecule has 1 heterocycles. The number of carboxylic acid groups (broad SMARTS) is 1. The summed E-state index contributed by atoms with van der Waals surface area (Å²) in [6, 6.07) is 0. The lowest BCUT2D eigenvalue weighted by Crippen LogP contribution is -2.31. The van der Waals surface area contributed by atoms with E-state index in [1.807, 2.05) is 13.8 Å². The van der Waals surface area contributed by atoms with Crippen molar-refractivity contribution in [2.24, 2.45) is 5.73 Å². The molecule has 0 aromatic carbocycles. The van der Waals surface area contributed by atoms with Crippen LogP contribution in [0.1, 0.15) is 59.4 Å². The predicted molar refractivity (Wildman–Crippen MR) is 62.9 cm³/mol. The molecule has 0 aliphatic heterocycles. The highest BCUT2D eigenvalue weighted by molar-refractivity contribution is 7.13. The van der Waals surface area contributed by atoms with E-state index in [0.29, 0.717) is 10.8 Å². The summed E-state index contributed by atoms with van der Waals surface area (Å²) in [4.78, 5) is 15.9. The lowest BCUT2D eigenvalue weighted by atomic mass is 10.0. The Morgan fingerprint density at radius 2 is 2.31 bits per heavy atom. The van der Waals surface area contributed by atoms with Gasteiger partial charge in [-0.1, -0.05) is 6.92 Å². The maximum absolute atomic E-state index is 11.1. The molecule has 1 atom stereocenters. The normalized spacial score (nSPS) is 19.4. The molecule has 1 fully saturated rings. The minimum atomic E-state index is -0.877. The summed E-state index contributed by atoms with van der Waals surface area (Å²) in [6.45, 7) is 3.88. The molecular formula is C11H16N2O2S. The van der Waals surface area contributed by atoms with E-state index in [4.69, 9.17) is 10.8 Å². The monoisotopic (exact) mass is 240 g/mol. The smallest absolute Gasteiger partial charge is 0.347 e. The van der Waals surface area contributed by atoms with Gasteiger partial charge in [0, 0.05) is 5.92 Å². The Morgan fingerprint density at radius 1 is 1.69 bits per heavy atom. The van der Waals surface area contributed by atoms with Crippen LogP contribution in [-0.4, -0.2) is 16.1 Å². The van der Waals surface area contributed by atoms with E-state index in [2.05, 4.69) is 4.98 Å². The molecule has 1 aliphatic carbocycles. The fourth-order valence-corrected chi connectivity index (χ4v) is 2.63. The number of thiazole rings is 1. The van der Waals surface area contributed by atoms with E-state index in [9.17, 15) is 4.79 Å². The summed E-state index contributed by atoms with van der Waals surface area (Å²) in [5.41, 5.74) is 6.33. The van der Waals surface area contributed by atoms with Crippen LogP contribution in [0.25, 0.3) is 0 Å². The van der Waals surface area contributed by atoms with Gasteiger partial charge in [-0.25, -0.2) is 9.78 Å². The Hall–Kier alpha value is -0.940. The molecule has 3 N–H and O–H groups in total. The van der Waals surface area contributed by atoms with Crippen molar-refractivity contribution in [3.05, 3.63) is 15.6 Å². The van der Waals surface area contributed by atoms with Crippen LogP contribution in [0.3, 0.4) is 0 Å². The first-order chi connectivity index (χ1) is 7.45. The maximum atomic E-state index is 11.1. The fourth-order valence-electron chi connectivity index (χ4n) is 1.51. The maximum Gasteiger partial charge on any atom is 0.347 e. The second-order valence-electron chi connectivity index (χ2n) is 4.58. The lowest BCUT2D eigenvalue weighted by Gasteiger charge is -2.18. The molecule has 1 aromatic heterocycles. The Bertz CT molecular complexity index is 422. The van der Waals surface area contributed by atoms with Gasteiger partial charge in [0.25, 0.3) is 0 Å². The molecule has 5 heteroatoms. The molecule has 1 aliphatic rings. The molecule has 1 saturated carbocycles. The highest BCUT2D eigenvalue weighted by atomic mass is 32.1. The van der Waals surface area contributed by atoms with Crippen LogP contribution in [0.2, 0.25) is 0 Å². The van der Waals surface area contributed by atoms with E-state index in [-0.39, 0.29) is 0 Å². The van der Waals surface area contributed by atoms with E-state index in [1.54, 1.807) is 0 Å². The number of nitrogens with two attached hydrogens (primary N) is 1. The first-order valence-corrected chi connectivity index (χ1v) is 6.30. The van der Waals surface area contributed by atoms with Gasteiger partial charge >= 0.3 is 5.97 Å². The number of aromatic nitrogens is 1. The highest BCUT2D eigenvalue weighted by Crippen LogP contribution is 2.43. The Morgan fingerprint density at radius 3 is 2.75 bits per heavy atom. The van der Waals surface area contributed by atoms with Gasteiger partial charge in [0.15, 0.2) is 0 Å². The minimum absolute atomic E-state index is 0.351. The van der Waals surface area contributed by atoms with Crippen LogP contribution < -0.4 is 5.73 Å². The summed E-state index contributed by atoms with van der Waals surface area (Å²) in [5.74, 6) is -0.527. The molecule has 4 nitrogen and oxygen atoms in total. The van der Waals surface area contributed by atoms with Crippen molar-refractivity contribution < 1.29 is 9.90 Å². The average Bonchev–Trinajstić information content (AvgIpc) is 2.96. The van der Waals surface area contributed by atoms with Gasteiger partial charge in [0.1, 0.15) is 9.88 Å². The predicted octanol–water partition coefficient (Wildman–Crippen LogP) is 2.30. The molecular weight excluding hydrogens is 224 g/mol. The molecule has 16 heavy (non-hydrogen) atoms. The second-order valence-corrected chi connectivity index (χ2v) is 5.58. The number of rotatable bonds is 4. The van der Waals surface area contributed by atoms with Gasteiger partial charge in [0.05, 0.1) is 11.2 Å². The number of hydrogen-bond donors (Lipinski definition) is 2. The molecule has 1 unspecified atom stereocenters. The number of hydrogen-bond acceptors (Lipinski definition) is 4. The lowest BCUT2D eigenvalue weighted by molar-refractivity contribution is 0.0700. The minimum Gasteiger partial charge on any atom is -0.477 e. The van der Waals surface area contributed by atoms with E-state index >= 15 is 0 Å². The molecule has 0 saturated heterocycles. The molecule has 0 bridgehead atoms. The summed E-state index contributed by atoms with van der Waals surface area (Å²) in [5, 5.41) is 9.87. The molecule has 0 amide bonds. The first-order valence-electron chi connectivity index (χ1n) is 5.49. The zero-order chi connectivity index (χ0) is 11.9. The summed E-state index contributed by atoms with van der Waals surface area (Å²) >= 11 is 1.23. The van der Waals surface area contributed by atoms with Crippen LogP contribution >= 0.6 is 11.3 Å². The van der Waals surface area contributed by atoms with Crippen molar-refractivity contribution in [3.63, 3.8) is 0 Å². The van der Waals surface area contributed by atoms with Crippen LogP contribution in [0.5, 0.6) is 0 Å². The average molecular weight is 240 g/mol. The fraction of sp³-hybridized carbons (Fsp3) is 0.636. The summed E-state index contributed by atoms with van der Waals surface area (Å²) in [6.07, 6.45) is 2.86. The molecule has 88 valence electrons. The molecule has 0 spiro atoms. The quantitative estimate of drug-likeness (QED) is 0.846. The third-order valence-corrected chi connectivity index (χ3v) is 4.37. The molecule has 0 radical (unpaired) electrons. The largest absolute Gasteiger partial charge is 0.477 e. The van der Waals surface area contributed by atoms with Gasteiger partial charge in [-0.2, -0.15) is 0 Å². The van der Waals surface area contributed by atoms with Gasteiger partial charge < -0.3 is 10.8 Å². The summed E-state index contributed by atoms with van der Waals surface area (Å²) < 4.78 is 0. The van der Waals surface area contributed by atoms with Gasteiger partial charge in [-0.05, 0) is 26.2 Å². The Labute approximate surface area is 98.5 Å². The number of carbonyl (C=O) groups is 1. The van der Waals surface area contributed by atoms with Crippen molar-refractivity contribution in [1.29, 1.82) is 0 Å². The highest BCUT2D eigenvalue weighted by Gasteiger charge is 2.34. The third-order valence-electron chi connectivity index (χ3n) is 3.03. The number of aromatic carboxylic acids is 1. The van der Waals surface area contributed by atoms with Crippen molar-refractivity contribution in [2.75, 3.05) is 0 Å². The van der Waals surface area contributed by atoms with E-state index in [0.717, 1.165) is 30.0 Å². The second kappa shape index (κ2) is 3.82. The Kier molecular flexibility index (Phi) is 2.75. The molecule has 1 aromatic rings. The van der Waals surface area contributed by atoms with Gasteiger partial charge in [-0.15, -0.1) is 11.3 Å². The van der Waals surface area contributed by atoms with Crippen molar-refractivity contribution >= 4 is 17.3 Å². The zero-order valence-corrected chi connectivity index (χ0v) is 10.3. The van der Waals surface area contributed by atoms with Crippen molar-refractivity contribution in [1.82, 2.24) is 4.98 Å².